The molecule has 0 spiro atoms. The Labute approximate surface area is 159 Å². The molecule has 2 aromatic carbocycles. The molecule has 0 saturated carbocycles. The number of amides is 2. The van der Waals surface area contributed by atoms with Gasteiger partial charge in [0, 0.05) is 25.2 Å². The summed E-state index contributed by atoms with van der Waals surface area (Å²) in [6.45, 7) is 2.02. The molecule has 0 radical (unpaired) electrons. The Hall–Kier alpha value is -3.02. The van der Waals surface area contributed by atoms with Gasteiger partial charge in [0.05, 0.1) is 19.8 Å². The highest BCUT2D eigenvalue weighted by Gasteiger charge is 2.19. The van der Waals surface area contributed by atoms with Gasteiger partial charge in [0.1, 0.15) is 0 Å². The molecular formula is C21H24N2O4. The van der Waals surface area contributed by atoms with E-state index in [-0.39, 0.29) is 11.8 Å². The third-order valence-corrected chi connectivity index (χ3v) is 4.69. The molecule has 2 aromatic rings. The Balaban J connectivity index is 1.63. The van der Waals surface area contributed by atoms with E-state index in [0.717, 1.165) is 31.5 Å². The van der Waals surface area contributed by atoms with E-state index in [4.69, 9.17) is 9.47 Å². The lowest BCUT2D eigenvalue weighted by Gasteiger charge is -2.15. The third-order valence-electron chi connectivity index (χ3n) is 4.69. The van der Waals surface area contributed by atoms with E-state index in [9.17, 15) is 9.59 Å². The normalized spacial score (nSPS) is 13.3. The minimum atomic E-state index is -0.247. The predicted molar refractivity (Wildman–Crippen MR) is 102 cm³/mol. The number of para-hydroxylation sites is 1. The Morgan fingerprint density at radius 3 is 2.33 bits per heavy atom. The fourth-order valence-corrected chi connectivity index (χ4v) is 3.21. The molecule has 0 atom stereocenters. The summed E-state index contributed by atoms with van der Waals surface area (Å²) in [4.78, 5) is 26.8. The summed E-state index contributed by atoms with van der Waals surface area (Å²) >= 11 is 0. The molecule has 3 rings (SSSR count). The number of methoxy groups -OCH3 is 2. The molecule has 0 bridgehead atoms. The Morgan fingerprint density at radius 2 is 1.70 bits per heavy atom. The van der Waals surface area contributed by atoms with Crippen LogP contribution in [0, 0.1) is 0 Å². The van der Waals surface area contributed by atoms with Crippen molar-refractivity contribution in [3.05, 3.63) is 59.2 Å². The summed E-state index contributed by atoms with van der Waals surface area (Å²) in [6, 6.07) is 12.5. The lowest BCUT2D eigenvalue weighted by Crippen LogP contribution is -2.27. The van der Waals surface area contributed by atoms with Gasteiger partial charge in [0.15, 0.2) is 11.5 Å². The van der Waals surface area contributed by atoms with Crippen molar-refractivity contribution < 1.29 is 19.1 Å². The van der Waals surface area contributed by atoms with Crippen LogP contribution in [0.15, 0.2) is 42.5 Å². The molecule has 1 aliphatic heterocycles. The third kappa shape index (κ3) is 4.22. The molecule has 6 heteroatoms. The molecule has 0 unspecified atom stereocenters. The van der Waals surface area contributed by atoms with Crippen LogP contribution in [0.25, 0.3) is 0 Å². The van der Waals surface area contributed by atoms with Gasteiger partial charge in [0.2, 0.25) is 0 Å². The van der Waals surface area contributed by atoms with Crippen LogP contribution in [-0.2, 0) is 6.54 Å². The number of carbonyl (C=O) groups excluding carboxylic acids is 2. The highest BCUT2D eigenvalue weighted by atomic mass is 16.5. The first-order chi connectivity index (χ1) is 13.1. The number of hydrogen-bond acceptors (Lipinski definition) is 4. The molecule has 27 heavy (non-hydrogen) atoms. The van der Waals surface area contributed by atoms with E-state index in [0.29, 0.717) is 29.2 Å². The second kappa shape index (κ2) is 8.58. The quantitative estimate of drug-likeness (QED) is 0.851. The average Bonchev–Trinajstić information content (AvgIpc) is 3.26. The summed E-state index contributed by atoms with van der Waals surface area (Å²) in [7, 11) is 3.04. The Kier molecular flexibility index (Phi) is 5.96. The summed E-state index contributed by atoms with van der Waals surface area (Å²) in [5.74, 6) is 0.742. The van der Waals surface area contributed by atoms with E-state index in [2.05, 4.69) is 5.32 Å². The number of benzene rings is 2. The minimum Gasteiger partial charge on any atom is -0.493 e. The molecule has 0 aliphatic carbocycles. The molecule has 1 saturated heterocycles. The number of hydrogen-bond donors (Lipinski definition) is 1. The number of rotatable bonds is 6. The molecular weight excluding hydrogens is 344 g/mol. The SMILES string of the molecule is COc1cccc(C(=O)NCc2ccc(C(=O)N3CCCC3)cc2)c1OC. The standard InChI is InChI=1S/C21H24N2O4/c1-26-18-7-5-6-17(19(18)27-2)20(24)22-14-15-8-10-16(11-9-15)21(25)23-12-3-4-13-23/h5-11H,3-4,12-14H2,1-2H3,(H,22,24). The topological polar surface area (TPSA) is 67.9 Å². The smallest absolute Gasteiger partial charge is 0.255 e. The van der Waals surface area contributed by atoms with Crippen molar-refractivity contribution >= 4 is 11.8 Å². The second-order valence-corrected chi connectivity index (χ2v) is 6.42. The molecule has 6 nitrogen and oxygen atoms in total. The molecule has 1 aliphatic rings. The maximum absolute atomic E-state index is 12.5. The van der Waals surface area contributed by atoms with Crippen molar-refractivity contribution in [2.75, 3.05) is 27.3 Å². The number of ether oxygens (including phenoxy) is 2. The number of nitrogens with zero attached hydrogens (tertiary/aromatic N) is 1. The van der Waals surface area contributed by atoms with Gasteiger partial charge in [-0.15, -0.1) is 0 Å². The molecule has 0 aromatic heterocycles. The van der Waals surface area contributed by atoms with E-state index in [1.54, 1.807) is 18.2 Å². The molecule has 1 N–H and O–H groups in total. The van der Waals surface area contributed by atoms with E-state index < -0.39 is 0 Å². The largest absolute Gasteiger partial charge is 0.493 e. The summed E-state index contributed by atoms with van der Waals surface area (Å²) in [5.41, 5.74) is 2.02. The van der Waals surface area contributed by atoms with Crippen LogP contribution in [0.5, 0.6) is 11.5 Å². The van der Waals surface area contributed by atoms with Gasteiger partial charge < -0.3 is 19.7 Å². The van der Waals surface area contributed by atoms with E-state index >= 15 is 0 Å². The van der Waals surface area contributed by atoms with Crippen molar-refractivity contribution in [1.29, 1.82) is 0 Å². The zero-order valence-corrected chi connectivity index (χ0v) is 15.7. The Bertz CT molecular complexity index is 811. The molecule has 1 heterocycles. The van der Waals surface area contributed by atoms with Gasteiger partial charge in [-0.25, -0.2) is 0 Å². The average molecular weight is 368 g/mol. The van der Waals surface area contributed by atoms with Crippen molar-refractivity contribution in [2.24, 2.45) is 0 Å². The first kappa shape index (κ1) is 18.8. The highest BCUT2D eigenvalue weighted by Crippen LogP contribution is 2.30. The van der Waals surface area contributed by atoms with Gasteiger partial charge >= 0.3 is 0 Å². The first-order valence-electron chi connectivity index (χ1n) is 9.01. The predicted octanol–water partition coefficient (Wildman–Crippen LogP) is 2.87. The van der Waals surface area contributed by atoms with Gasteiger partial charge in [-0.3, -0.25) is 9.59 Å². The van der Waals surface area contributed by atoms with Crippen LogP contribution in [0.4, 0.5) is 0 Å². The number of likely N-dealkylation sites (tertiary alicyclic amines) is 1. The van der Waals surface area contributed by atoms with E-state index in [1.807, 2.05) is 29.2 Å². The van der Waals surface area contributed by atoms with Crippen molar-refractivity contribution in [3.63, 3.8) is 0 Å². The zero-order valence-electron chi connectivity index (χ0n) is 15.7. The van der Waals surface area contributed by atoms with Crippen LogP contribution in [0.2, 0.25) is 0 Å². The monoisotopic (exact) mass is 368 g/mol. The minimum absolute atomic E-state index is 0.0733. The summed E-state index contributed by atoms with van der Waals surface area (Å²) < 4.78 is 10.5. The van der Waals surface area contributed by atoms with Gasteiger partial charge in [-0.2, -0.15) is 0 Å². The fraction of sp³-hybridized carbons (Fsp3) is 0.333. The summed E-state index contributed by atoms with van der Waals surface area (Å²) in [5, 5.41) is 2.88. The van der Waals surface area contributed by atoms with Crippen LogP contribution >= 0.6 is 0 Å². The van der Waals surface area contributed by atoms with Gasteiger partial charge in [-0.05, 0) is 42.7 Å². The van der Waals surface area contributed by atoms with Crippen LogP contribution < -0.4 is 14.8 Å². The molecule has 1 fully saturated rings. The fourth-order valence-electron chi connectivity index (χ4n) is 3.21. The van der Waals surface area contributed by atoms with E-state index in [1.165, 1.54) is 14.2 Å². The van der Waals surface area contributed by atoms with Crippen LogP contribution in [0.1, 0.15) is 39.1 Å². The lowest BCUT2D eigenvalue weighted by molar-refractivity contribution is 0.0792. The molecule has 142 valence electrons. The zero-order chi connectivity index (χ0) is 19.2. The number of carbonyl (C=O) groups is 2. The second-order valence-electron chi connectivity index (χ2n) is 6.42. The lowest BCUT2D eigenvalue weighted by atomic mass is 10.1. The maximum atomic E-state index is 12.5. The molecule has 2 amide bonds. The van der Waals surface area contributed by atoms with Crippen LogP contribution in [-0.4, -0.2) is 44.0 Å². The first-order valence-corrected chi connectivity index (χ1v) is 9.01. The van der Waals surface area contributed by atoms with Crippen molar-refractivity contribution in [3.8, 4) is 11.5 Å². The highest BCUT2D eigenvalue weighted by molar-refractivity contribution is 5.98. The number of nitrogens with one attached hydrogen (secondary N) is 1. The van der Waals surface area contributed by atoms with Crippen LogP contribution in [0.3, 0.4) is 0 Å². The summed E-state index contributed by atoms with van der Waals surface area (Å²) in [6.07, 6.45) is 2.15. The Morgan fingerprint density at radius 1 is 1.00 bits per heavy atom. The van der Waals surface area contributed by atoms with Crippen molar-refractivity contribution in [1.82, 2.24) is 10.2 Å². The van der Waals surface area contributed by atoms with Crippen molar-refractivity contribution in [2.45, 2.75) is 19.4 Å². The van der Waals surface area contributed by atoms with Gasteiger partial charge in [-0.1, -0.05) is 18.2 Å². The maximum Gasteiger partial charge on any atom is 0.255 e. The van der Waals surface area contributed by atoms with Gasteiger partial charge in [0.25, 0.3) is 11.8 Å².